The van der Waals surface area contributed by atoms with Gasteiger partial charge in [-0.25, -0.2) is 9.97 Å². The van der Waals surface area contributed by atoms with E-state index in [2.05, 4.69) is 20.4 Å². The molecule has 0 amide bonds. The zero-order chi connectivity index (χ0) is 18.4. The summed E-state index contributed by atoms with van der Waals surface area (Å²) in [4.78, 5) is 9.02. The first-order chi connectivity index (χ1) is 13.1. The molecule has 8 heteroatoms. The number of imidazole rings is 1. The number of anilines is 1. The molecule has 2 N–H and O–H groups in total. The van der Waals surface area contributed by atoms with Crippen LogP contribution in [-0.2, 0) is 0 Å². The van der Waals surface area contributed by atoms with Crippen molar-refractivity contribution in [2.75, 3.05) is 18.4 Å². The summed E-state index contributed by atoms with van der Waals surface area (Å²) >= 11 is 0. The Morgan fingerprint density at radius 3 is 2.81 bits per heavy atom. The van der Waals surface area contributed by atoms with Crippen LogP contribution in [0.25, 0.3) is 17.0 Å². The summed E-state index contributed by atoms with van der Waals surface area (Å²) in [5.41, 5.74) is 2.59. The molecule has 2 fully saturated rings. The van der Waals surface area contributed by atoms with Crippen molar-refractivity contribution in [2.45, 2.75) is 25.5 Å². The van der Waals surface area contributed by atoms with Crippen molar-refractivity contribution in [3.05, 3.63) is 42.7 Å². The van der Waals surface area contributed by atoms with E-state index in [0.717, 1.165) is 43.1 Å². The Hall–Kier alpha value is -2.74. The Morgan fingerprint density at radius 1 is 1.22 bits per heavy atom. The van der Waals surface area contributed by atoms with Gasteiger partial charge in [-0.1, -0.05) is 6.07 Å². The van der Waals surface area contributed by atoms with E-state index in [1.54, 1.807) is 16.7 Å². The van der Waals surface area contributed by atoms with E-state index in [0.29, 0.717) is 17.1 Å². The van der Waals surface area contributed by atoms with Gasteiger partial charge in [-0.15, -0.1) is 0 Å². The molecule has 1 aliphatic carbocycles. The van der Waals surface area contributed by atoms with E-state index in [-0.39, 0.29) is 5.75 Å². The molecule has 0 bridgehead atoms. The molecule has 0 radical (unpaired) electrons. The average Bonchev–Trinajstić information content (AvgIpc) is 2.99. The summed E-state index contributed by atoms with van der Waals surface area (Å²) in [6, 6.07) is 9.33. The molecule has 1 saturated heterocycles. The molecule has 0 atom stereocenters. The number of nitrogens with one attached hydrogen (secondary N) is 2. The molecule has 3 aromatic heterocycles. The monoisotopic (exact) mass is 371 g/mol. The second kappa shape index (κ2) is 6.16. The molecular formula is C19H19F2N5O. The van der Waals surface area contributed by atoms with Gasteiger partial charge in [0.2, 0.25) is 0 Å². The van der Waals surface area contributed by atoms with Crippen LogP contribution in [0.2, 0.25) is 0 Å². The lowest BCUT2D eigenvalue weighted by atomic mass is 9.62. The number of pyridine rings is 2. The maximum atomic E-state index is 12.5. The van der Waals surface area contributed by atoms with Gasteiger partial charge in [0.15, 0.2) is 0 Å². The van der Waals surface area contributed by atoms with Gasteiger partial charge in [0.25, 0.3) is 0 Å². The van der Waals surface area contributed by atoms with E-state index in [4.69, 9.17) is 4.98 Å². The number of fused-ring (bicyclic) bond motifs is 1. The van der Waals surface area contributed by atoms with E-state index in [9.17, 15) is 8.78 Å². The number of nitrogens with zero attached hydrogens (tertiary/aromatic N) is 3. The van der Waals surface area contributed by atoms with Crippen LogP contribution >= 0.6 is 0 Å². The number of ether oxygens (including phenoxy) is 1. The Bertz CT molecular complexity index is 977. The fraction of sp³-hybridized carbons (Fsp3) is 0.368. The van der Waals surface area contributed by atoms with Crippen molar-refractivity contribution < 1.29 is 13.5 Å². The third-order valence-electron chi connectivity index (χ3n) is 5.43. The molecule has 1 spiro atoms. The van der Waals surface area contributed by atoms with Gasteiger partial charge in [0.05, 0.1) is 23.8 Å². The van der Waals surface area contributed by atoms with Crippen molar-refractivity contribution in [1.29, 1.82) is 0 Å². The van der Waals surface area contributed by atoms with Crippen LogP contribution in [-0.4, -0.2) is 40.1 Å². The summed E-state index contributed by atoms with van der Waals surface area (Å²) in [6.45, 7) is -0.635. The molecule has 0 aromatic carbocycles. The molecular weight excluding hydrogens is 352 g/mol. The summed E-state index contributed by atoms with van der Waals surface area (Å²) in [5, 5.41) is 6.84. The maximum absolute atomic E-state index is 12.5. The second-order valence-electron chi connectivity index (χ2n) is 7.38. The van der Waals surface area contributed by atoms with Gasteiger partial charge in [-0.2, -0.15) is 8.78 Å². The van der Waals surface area contributed by atoms with Crippen LogP contribution in [0.3, 0.4) is 0 Å². The lowest BCUT2D eigenvalue weighted by Crippen LogP contribution is -2.63. The highest BCUT2D eigenvalue weighted by Gasteiger charge is 2.48. The fourth-order valence-electron chi connectivity index (χ4n) is 4.04. The molecule has 1 aliphatic heterocycles. The quantitative estimate of drug-likeness (QED) is 0.721. The normalized spacial score (nSPS) is 18.5. The van der Waals surface area contributed by atoms with Crippen molar-refractivity contribution in [3.63, 3.8) is 0 Å². The van der Waals surface area contributed by atoms with Gasteiger partial charge < -0.3 is 15.4 Å². The van der Waals surface area contributed by atoms with Crippen molar-refractivity contribution in [2.24, 2.45) is 5.41 Å². The number of halogens is 2. The van der Waals surface area contributed by atoms with Crippen molar-refractivity contribution >= 4 is 11.5 Å². The van der Waals surface area contributed by atoms with E-state index < -0.39 is 6.61 Å². The lowest BCUT2D eigenvalue weighted by Gasteiger charge is -2.54. The van der Waals surface area contributed by atoms with Gasteiger partial charge in [-0.3, -0.25) is 4.40 Å². The van der Waals surface area contributed by atoms with Crippen LogP contribution in [0.15, 0.2) is 42.7 Å². The predicted octanol–water partition coefficient (Wildman–Crippen LogP) is 3.16. The minimum Gasteiger partial charge on any atom is -0.433 e. The highest BCUT2D eigenvalue weighted by molar-refractivity contribution is 5.62. The Balaban J connectivity index is 1.39. The zero-order valence-corrected chi connectivity index (χ0v) is 14.5. The minimum absolute atomic E-state index is 0.0832. The van der Waals surface area contributed by atoms with E-state index in [1.807, 2.05) is 18.2 Å². The van der Waals surface area contributed by atoms with Crippen LogP contribution in [0, 0.1) is 5.41 Å². The first-order valence-electron chi connectivity index (χ1n) is 8.97. The third kappa shape index (κ3) is 2.99. The SMILES string of the molecule is FC(F)Oc1ccc2ncc(-c3cccc(NC4CC5(CNC5)C4)n3)n2c1. The lowest BCUT2D eigenvalue weighted by molar-refractivity contribution is -0.0501. The first-order valence-corrected chi connectivity index (χ1v) is 8.97. The van der Waals surface area contributed by atoms with Crippen LogP contribution < -0.4 is 15.4 Å². The number of rotatable bonds is 5. The number of alkyl halides is 2. The van der Waals surface area contributed by atoms with Gasteiger partial charge in [-0.05, 0) is 42.5 Å². The van der Waals surface area contributed by atoms with Crippen molar-refractivity contribution in [3.8, 4) is 17.1 Å². The fourth-order valence-corrected chi connectivity index (χ4v) is 4.04. The molecule has 2 aliphatic rings. The largest absolute Gasteiger partial charge is 0.433 e. The molecule has 140 valence electrons. The average molecular weight is 371 g/mol. The molecule has 6 nitrogen and oxygen atoms in total. The van der Waals surface area contributed by atoms with E-state index in [1.165, 1.54) is 12.3 Å². The first kappa shape index (κ1) is 16.4. The molecule has 27 heavy (non-hydrogen) atoms. The van der Waals surface area contributed by atoms with Crippen LogP contribution in [0.5, 0.6) is 5.75 Å². The second-order valence-corrected chi connectivity index (χ2v) is 7.38. The highest BCUT2D eigenvalue weighted by Crippen LogP contribution is 2.45. The molecule has 1 saturated carbocycles. The van der Waals surface area contributed by atoms with E-state index >= 15 is 0 Å². The summed E-state index contributed by atoms with van der Waals surface area (Å²) in [7, 11) is 0. The van der Waals surface area contributed by atoms with Gasteiger partial charge >= 0.3 is 6.61 Å². The van der Waals surface area contributed by atoms with Crippen LogP contribution in [0.1, 0.15) is 12.8 Å². The predicted molar refractivity (Wildman–Crippen MR) is 97.0 cm³/mol. The van der Waals surface area contributed by atoms with Crippen molar-refractivity contribution in [1.82, 2.24) is 19.7 Å². The Kier molecular flexibility index (Phi) is 3.75. The molecule has 4 heterocycles. The molecule has 5 rings (SSSR count). The maximum Gasteiger partial charge on any atom is 0.387 e. The smallest absolute Gasteiger partial charge is 0.387 e. The summed E-state index contributed by atoms with van der Waals surface area (Å²) in [6.07, 6.45) is 5.52. The number of hydrogen-bond acceptors (Lipinski definition) is 5. The van der Waals surface area contributed by atoms with Crippen LogP contribution in [0.4, 0.5) is 14.6 Å². The Labute approximate surface area is 154 Å². The summed E-state index contributed by atoms with van der Waals surface area (Å²) < 4.78 is 31.2. The highest BCUT2D eigenvalue weighted by atomic mass is 19.3. The zero-order valence-electron chi connectivity index (χ0n) is 14.5. The molecule has 0 unspecified atom stereocenters. The molecule has 3 aromatic rings. The summed E-state index contributed by atoms with van der Waals surface area (Å²) in [5.74, 6) is 0.898. The topological polar surface area (TPSA) is 63.5 Å². The number of hydrogen-bond donors (Lipinski definition) is 2. The van der Waals surface area contributed by atoms with Gasteiger partial charge in [0.1, 0.15) is 17.2 Å². The standard InChI is InChI=1S/C19H19F2N5O/c20-18(21)27-13-4-5-17-23-8-15(26(17)9-13)14-2-1-3-16(25-14)24-12-6-19(7-12)10-22-11-19/h1-5,8-9,12,18,22H,6-7,10-11H2,(H,24,25). The van der Waals surface area contributed by atoms with Gasteiger partial charge in [0, 0.05) is 19.1 Å². The third-order valence-corrected chi connectivity index (χ3v) is 5.43. The Morgan fingerprint density at radius 2 is 2.07 bits per heavy atom. The number of aromatic nitrogens is 3. The minimum atomic E-state index is -2.86.